The summed E-state index contributed by atoms with van der Waals surface area (Å²) in [6, 6.07) is 9.26. The van der Waals surface area contributed by atoms with Crippen LogP contribution < -0.4 is 5.73 Å². The van der Waals surface area contributed by atoms with E-state index in [9.17, 15) is 4.79 Å². The maximum atomic E-state index is 11.8. The summed E-state index contributed by atoms with van der Waals surface area (Å²) in [5.74, 6) is -0.124. The Labute approximate surface area is 94.9 Å². The van der Waals surface area contributed by atoms with Crippen molar-refractivity contribution >= 4 is 5.91 Å². The van der Waals surface area contributed by atoms with Crippen molar-refractivity contribution in [2.75, 3.05) is 13.2 Å². The third-order valence-electron chi connectivity index (χ3n) is 2.61. The van der Waals surface area contributed by atoms with E-state index in [0.29, 0.717) is 19.6 Å². The molecule has 1 aliphatic heterocycles. The van der Waals surface area contributed by atoms with Crippen LogP contribution in [0.2, 0.25) is 0 Å². The lowest BCUT2D eigenvalue weighted by atomic mass is 10.1. The van der Waals surface area contributed by atoms with Crippen LogP contribution in [0.4, 0.5) is 0 Å². The topological polar surface area (TPSA) is 55.6 Å². The number of hydrogen-bond donors (Lipinski definition) is 1. The summed E-state index contributed by atoms with van der Waals surface area (Å²) < 4.78 is 0. The number of benzene rings is 1. The molecule has 4 nitrogen and oxygen atoms in total. The molecule has 1 aromatic rings. The average Bonchev–Trinajstić information content (AvgIpc) is 2.83. The van der Waals surface area contributed by atoms with Crippen molar-refractivity contribution < 1.29 is 9.63 Å². The number of nitrogens with two attached hydrogens (primary N) is 1. The summed E-state index contributed by atoms with van der Waals surface area (Å²) in [5, 5.41) is 1.38. The third kappa shape index (κ3) is 2.59. The maximum absolute atomic E-state index is 11.8. The minimum absolute atomic E-state index is 0.124. The largest absolute Gasteiger partial charge is 0.320 e. The lowest BCUT2D eigenvalue weighted by molar-refractivity contribution is -0.170. The van der Waals surface area contributed by atoms with E-state index in [2.05, 4.69) is 0 Å². The Kier molecular flexibility index (Phi) is 3.54. The molecule has 86 valence electrons. The molecule has 0 spiro atoms. The number of hydrogen-bond acceptors (Lipinski definition) is 3. The molecule has 1 aromatic carbocycles. The normalized spacial score (nSPS) is 17.4. The molecule has 16 heavy (non-hydrogen) atoms. The van der Waals surface area contributed by atoms with Crippen LogP contribution in [-0.4, -0.2) is 30.2 Å². The Hall–Kier alpha value is -1.39. The number of amides is 1. The van der Waals surface area contributed by atoms with Crippen LogP contribution in [-0.2, 0) is 16.1 Å². The molecule has 1 amide bonds. The van der Waals surface area contributed by atoms with E-state index in [-0.39, 0.29) is 5.91 Å². The average molecular weight is 220 g/mol. The van der Waals surface area contributed by atoms with Crippen LogP contribution in [0.1, 0.15) is 12.0 Å². The fraction of sp³-hybridized carbons (Fsp3) is 0.417. The molecule has 1 atom stereocenters. The zero-order chi connectivity index (χ0) is 11.4. The first-order chi connectivity index (χ1) is 7.77. The molecular weight excluding hydrogens is 204 g/mol. The highest BCUT2D eigenvalue weighted by atomic mass is 16.7. The molecular formula is C12H16N2O2. The van der Waals surface area contributed by atoms with Gasteiger partial charge in [0.25, 0.3) is 5.91 Å². The molecule has 0 unspecified atom stereocenters. The molecule has 0 radical (unpaired) electrons. The predicted molar refractivity (Wildman–Crippen MR) is 60.4 cm³/mol. The SMILES string of the molecule is N[C@H](Cc1ccccc1)C(=O)N1CCCO1. The Bertz CT molecular complexity index is 347. The molecule has 1 heterocycles. The van der Waals surface area contributed by atoms with Crippen molar-refractivity contribution in [3.8, 4) is 0 Å². The van der Waals surface area contributed by atoms with Gasteiger partial charge in [0.1, 0.15) is 0 Å². The van der Waals surface area contributed by atoms with Gasteiger partial charge in [0.15, 0.2) is 0 Å². The van der Waals surface area contributed by atoms with Crippen LogP contribution in [0.3, 0.4) is 0 Å². The molecule has 2 rings (SSSR count). The summed E-state index contributed by atoms with van der Waals surface area (Å²) in [6.07, 6.45) is 1.45. The molecule has 1 fully saturated rings. The van der Waals surface area contributed by atoms with Gasteiger partial charge in [-0.25, -0.2) is 5.06 Å². The van der Waals surface area contributed by atoms with Gasteiger partial charge in [0.2, 0.25) is 0 Å². The fourth-order valence-corrected chi connectivity index (χ4v) is 1.76. The Morgan fingerprint density at radius 3 is 2.81 bits per heavy atom. The first-order valence-electron chi connectivity index (χ1n) is 5.51. The lowest BCUT2D eigenvalue weighted by Gasteiger charge is -2.18. The van der Waals surface area contributed by atoms with Gasteiger partial charge in [-0.05, 0) is 18.4 Å². The maximum Gasteiger partial charge on any atom is 0.263 e. The highest BCUT2D eigenvalue weighted by molar-refractivity contribution is 5.81. The first kappa shape index (κ1) is 11.1. The highest BCUT2D eigenvalue weighted by Gasteiger charge is 2.24. The van der Waals surface area contributed by atoms with E-state index in [0.717, 1.165) is 12.0 Å². The quantitative estimate of drug-likeness (QED) is 0.816. The third-order valence-corrected chi connectivity index (χ3v) is 2.61. The number of nitrogens with zero attached hydrogens (tertiary/aromatic N) is 1. The number of rotatable bonds is 3. The van der Waals surface area contributed by atoms with Crippen LogP contribution in [0.15, 0.2) is 30.3 Å². The van der Waals surface area contributed by atoms with E-state index >= 15 is 0 Å². The number of carbonyl (C=O) groups is 1. The van der Waals surface area contributed by atoms with E-state index in [4.69, 9.17) is 10.6 Å². The zero-order valence-electron chi connectivity index (χ0n) is 9.13. The van der Waals surface area contributed by atoms with Crippen LogP contribution >= 0.6 is 0 Å². The lowest BCUT2D eigenvalue weighted by Crippen LogP contribution is -2.43. The van der Waals surface area contributed by atoms with E-state index in [1.54, 1.807) is 0 Å². The summed E-state index contributed by atoms with van der Waals surface area (Å²) in [7, 11) is 0. The van der Waals surface area contributed by atoms with E-state index in [1.807, 2.05) is 30.3 Å². The van der Waals surface area contributed by atoms with Gasteiger partial charge in [0, 0.05) is 0 Å². The van der Waals surface area contributed by atoms with Crippen molar-refractivity contribution in [2.24, 2.45) is 5.73 Å². The molecule has 1 aliphatic rings. The van der Waals surface area contributed by atoms with Gasteiger partial charge in [0.05, 0.1) is 19.2 Å². The fourth-order valence-electron chi connectivity index (χ4n) is 1.76. The summed E-state index contributed by atoms with van der Waals surface area (Å²) in [4.78, 5) is 17.0. The predicted octanol–water partition coefficient (Wildman–Crippen LogP) is 0.720. The standard InChI is InChI=1S/C12H16N2O2/c13-11(9-10-5-2-1-3-6-10)12(15)14-7-4-8-16-14/h1-3,5-6,11H,4,7-9,13H2/t11-/m1/s1. The second-order valence-electron chi connectivity index (χ2n) is 3.92. The highest BCUT2D eigenvalue weighted by Crippen LogP contribution is 2.09. The zero-order valence-corrected chi connectivity index (χ0v) is 9.13. The molecule has 2 N–H and O–H groups in total. The van der Waals surface area contributed by atoms with Crippen LogP contribution in [0.5, 0.6) is 0 Å². The van der Waals surface area contributed by atoms with Crippen molar-refractivity contribution in [1.29, 1.82) is 0 Å². The van der Waals surface area contributed by atoms with Crippen molar-refractivity contribution in [2.45, 2.75) is 18.9 Å². The monoisotopic (exact) mass is 220 g/mol. The van der Waals surface area contributed by atoms with Crippen LogP contribution in [0.25, 0.3) is 0 Å². The Morgan fingerprint density at radius 1 is 1.44 bits per heavy atom. The molecule has 0 aromatic heterocycles. The smallest absolute Gasteiger partial charge is 0.263 e. The molecule has 4 heteroatoms. The Morgan fingerprint density at radius 2 is 2.19 bits per heavy atom. The number of carbonyl (C=O) groups excluding carboxylic acids is 1. The van der Waals surface area contributed by atoms with Crippen molar-refractivity contribution in [3.05, 3.63) is 35.9 Å². The van der Waals surface area contributed by atoms with Crippen molar-refractivity contribution in [3.63, 3.8) is 0 Å². The van der Waals surface area contributed by atoms with Crippen molar-refractivity contribution in [1.82, 2.24) is 5.06 Å². The summed E-state index contributed by atoms with van der Waals surface area (Å²) in [6.45, 7) is 1.27. The minimum Gasteiger partial charge on any atom is -0.320 e. The van der Waals surface area contributed by atoms with Crippen LogP contribution in [0, 0.1) is 0 Å². The van der Waals surface area contributed by atoms with Gasteiger partial charge in [-0.1, -0.05) is 30.3 Å². The first-order valence-corrected chi connectivity index (χ1v) is 5.51. The van der Waals surface area contributed by atoms with Gasteiger partial charge in [-0.15, -0.1) is 0 Å². The minimum atomic E-state index is -0.513. The molecule has 0 bridgehead atoms. The molecule has 1 saturated heterocycles. The summed E-state index contributed by atoms with van der Waals surface area (Å²) >= 11 is 0. The Balaban J connectivity index is 1.92. The molecule has 0 saturated carbocycles. The van der Waals surface area contributed by atoms with Gasteiger partial charge in [-0.3, -0.25) is 9.63 Å². The second-order valence-corrected chi connectivity index (χ2v) is 3.92. The van der Waals surface area contributed by atoms with Gasteiger partial charge >= 0.3 is 0 Å². The number of hydroxylamine groups is 2. The van der Waals surface area contributed by atoms with E-state index < -0.39 is 6.04 Å². The summed E-state index contributed by atoms with van der Waals surface area (Å²) in [5.41, 5.74) is 6.93. The van der Waals surface area contributed by atoms with Gasteiger partial charge < -0.3 is 5.73 Å². The van der Waals surface area contributed by atoms with E-state index in [1.165, 1.54) is 5.06 Å². The van der Waals surface area contributed by atoms with Gasteiger partial charge in [-0.2, -0.15) is 0 Å². The second kappa shape index (κ2) is 5.09. The molecule has 0 aliphatic carbocycles.